The molecule has 0 amide bonds. The second-order valence-electron chi connectivity index (χ2n) is 5.12. The Morgan fingerprint density at radius 1 is 1.15 bits per heavy atom. The van der Waals surface area contributed by atoms with Gasteiger partial charge in [-0.15, -0.1) is 0 Å². The van der Waals surface area contributed by atoms with E-state index in [9.17, 15) is 0 Å². The number of aryl methyl sites for hydroxylation is 2. The van der Waals surface area contributed by atoms with Crippen molar-refractivity contribution in [3.8, 4) is 0 Å². The molecule has 0 radical (unpaired) electrons. The Morgan fingerprint density at radius 3 is 2.80 bits per heavy atom. The molecule has 1 heterocycles. The van der Waals surface area contributed by atoms with Gasteiger partial charge < -0.3 is 9.88 Å². The first-order valence-electron chi connectivity index (χ1n) is 6.68. The van der Waals surface area contributed by atoms with Crippen molar-refractivity contribution in [1.82, 2.24) is 4.57 Å². The van der Waals surface area contributed by atoms with E-state index in [0.717, 1.165) is 17.3 Å². The summed E-state index contributed by atoms with van der Waals surface area (Å²) < 4.78 is 2.16. The fourth-order valence-electron chi connectivity index (χ4n) is 2.53. The highest BCUT2D eigenvalue weighted by Gasteiger charge is 2.06. The highest BCUT2D eigenvalue weighted by atomic mass is 35.5. The van der Waals surface area contributed by atoms with E-state index in [2.05, 4.69) is 60.4 Å². The van der Waals surface area contributed by atoms with Crippen LogP contribution < -0.4 is 5.32 Å². The molecule has 3 heteroatoms. The molecule has 0 aliphatic rings. The lowest BCUT2D eigenvalue weighted by atomic mass is 10.1. The number of nitrogens with zero attached hydrogens (tertiary/aromatic N) is 1. The topological polar surface area (TPSA) is 17.0 Å². The third-order valence-electron chi connectivity index (χ3n) is 3.57. The molecular weight excluding hydrogens is 268 g/mol. The maximum atomic E-state index is 6.22. The van der Waals surface area contributed by atoms with Crippen molar-refractivity contribution in [2.75, 3.05) is 5.32 Å². The normalized spacial score (nSPS) is 10.9. The van der Waals surface area contributed by atoms with E-state index in [0.29, 0.717) is 0 Å². The first-order valence-corrected chi connectivity index (χ1v) is 7.06. The number of benzene rings is 2. The van der Waals surface area contributed by atoms with Crippen LogP contribution in [0.2, 0.25) is 5.02 Å². The molecule has 0 fully saturated rings. The van der Waals surface area contributed by atoms with Crippen LogP contribution in [0.25, 0.3) is 10.9 Å². The number of aromatic nitrogens is 1. The van der Waals surface area contributed by atoms with Gasteiger partial charge in [-0.2, -0.15) is 0 Å². The molecule has 2 nitrogen and oxygen atoms in total. The summed E-state index contributed by atoms with van der Waals surface area (Å²) in [6, 6.07) is 14.5. The molecule has 1 N–H and O–H groups in total. The van der Waals surface area contributed by atoms with E-state index in [1.54, 1.807) is 0 Å². The van der Waals surface area contributed by atoms with Crippen LogP contribution in [-0.4, -0.2) is 4.57 Å². The van der Waals surface area contributed by atoms with E-state index in [1.165, 1.54) is 22.0 Å². The summed E-state index contributed by atoms with van der Waals surface area (Å²) in [5, 5.41) is 5.47. The molecule has 0 spiro atoms. The fourth-order valence-corrected chi connectivity index (χ4v) is 2.72. The lowest BCUT2D eigenvalue weighted by Crippen LogP contribution is -1.99. The molecule has 2 aromatic carbocycles. The standard InChI is InChI=1S/C17H17ClN2/c1-12-7-8-15(18)16(9-12)19-10-13-11-20(2)17-6-4-3-5-14(13)17/h3-9,11,19H,10H2,1-2H3. The van der Waals surface area contributed by atoms with E-state index in [4.69, 9.17) is 11.6 Å². The maximum absolute atomic E-state index is 6.22. The zero-order valence-corrected chi connectivity index (χ0v) is 12.4. The van der Waals surface area contributed by atoms with Gasteiger partial charge >= 0.3 is 0 Å². The van der Waals surface area contributed by atoms with E-state index < -0.39 is 0 Å². The van der Waals surface area contributed by atoms with Gasteiger partial charge in [-0.1, -0.05) is 35.9 Å². The van der Waals surface area contributed by atoms with Gasteiger partial charge in [0.1, 0.15) is 0 Å². The number of rotatable bonds is 3. The van der Waals surface area contributed by atoms with Crippen molar-refractivity contribution in [2.24, 2.45) is 7.05 Å². The van der Waals surface area contributed by atoms with Gasteiger partial charge in [0.05, 0.1) is 10.7 Å². The smallest absolute Gasteiger partial charge is 0.0637 e. The first kappa shape index (κ1) is 13.1. The van der Waals surface area contributed by atoms with Crippen LogP contribution in [0, 0.1) is 6.92 Å². The average Bonchev–Trinajstić information content (AvgIpc) is 2.77. The molecule has 0 saturated carbocycles. The van der Waals surface area contributed by atoms with E-state index in [-0.39, 0.29) is 0 Å². The first-order chi connectivity index (χ1) is 9.65. The molecular formula is C17H17ClN2. The van der Waals surface area contributed by atoms with Gasteiger partial charge in [0, 0.05) is 30.7 Å². The van der Waals surface area contributed by atoms with Crippen LogP contribution in [0.1, 0.15) is 11.1 Å². The Bertz CT molecular complexity index is 759. The van der Waals surface area contributed by atoms with Crippen molar-refractivity contribution >= 4 is 28.2 Å². The van der Waals surface area contributed by atoms with Gasteiger partial charge in [-0.3, -0.25) is 0 Å². The van der Waals surface area contributed by atoms with Gasteiger partial charge in [0.25, 0.3) is 0 Å². The summed E-state index contributed by atoms with van der Waals surface area (Å²) in [5.41, 5.74) is 4.72. The Morgan fingerprint density at radius 2 is 1.95 bits per heavy atom. The summed E-state index contributed by atoms with van der Waals surface area (Å²) in [5.74, 6) is 0. The fraction of sp³-hybridized carbons (Fsp3) is 0.176. The van der Waals surface area contributed by atoms with Gasteiger partial charge in [-0.25, -0.2) is 0 Å². The number of hydrogen-bond donors (Lipinski definition) is 1. The molecule has 0 aliphatic carbocycles. The van der Waals surface area contributed by atoms with Crippen molar-refractivity contribution in [2.45, 2.75) is 13.5 Å². The summed E-state index contributed by atoms with van der Waals surface area (Å²) >= 11 is 6.22. The molecule has 3 rings (SSSR count). The van der Waals surface area contributed by atoms with Gasteiger partial charge in [0.2, 0.25) is 0 Å². The van der Waals surface area contributed by atoms with Crippen molar-refractivity contribution in [3.63, 3.8) is 0 Å². The summed E-state index contributed by atoms with van der Waals surface area (Å²) in [6.45, 7) is 2.84. The zero-order chi connectivity index (χ0) is 14.1. The molecule has 1 aromatic heterocycles. The van der Waals surface area contributed by atoms with E-state index >= 15 is 0 Å². The van der Waals surface area contributed by atoms with Crippen LogP contribution >= 0.6 is 11.6 Å². The molecule has 0 unspecified atom stereocenters. The predicted molar refractivity (Wildman–Crippen MR) is 86.4 cm³/mol. The molecule has 0 bridgehead atoms. The monoisotopic (exact) mass is 284 g/mol. The third-order valence-corrected chi connectivity index (χ3v) is 3.90. The number of nitrogens with one attached hydrogen (secondary N) is 1. The Balaban J connectivity index is 1.89. The van der Waals surface area contributed by atoms with Crippen LogP contribution in [0.4, 0.5) is 5.69 Å². The molecule has 0 saturated heterocycles. The number of para-hydroxylation sites is 1. The van der Waals surface area contributed by atoms with Crippen LogP contribution in [0.3, 0.4) is 0 Å². The minimum Gasteiger partial charge on any atom is -0.380 e. The molecule has 102 valence electrons. The lowest BCUT2D eigenvalue weighted by Gasteiger charge is -2.08. The summed E-state index contributed by atoms with van der Waals surface area (Å²) in [6.07, 6.45) is 2.17. The lowest BCUT2D eigenvalue weighted by molar-refractivity contribution is 0.956. The Hall–Kier alpha value is -1.93. The van der Waals surface area contributed by atoms with Crippen molar-refractivity contribution < 1.29 is 0 Å². The highest BCUT2D eigenvalue weighted by Crippen LogP contribution is 2.25. The van der Waals surface area contributed by atoms with Gasteiger partial charge in [0.15, 0.2) is 0 Å². The number of anilines is 1. The quantitative estimate of drug-likeness (QED) is 0.734. The van der Waals surface area contributed by atoms with Crippen molar-refractivity contribution in [1.29, 1.82) is 0 Å². The van der Waals surface area contributed by atoms with Crippen LogP contribution in [-0.2, 0) is 13.6 Å². The Labute approximate surface area is 124 Å². The highest BCUT2D eigenvalue weighted by molar-refractivity contribution is 6.33. The molecule has 0 aliphatic heterocycles. The van der Waals surface area contributed by atoms with E-state index in [1.807, 2.05) is 12.1 Å². The summed E-state index contributed by atoms with van der Waals surface area (Å²) in [7, 11) is 2.07. The predicted octanol–water partition coefficient (Wildman–Crippen LogP) is 4.75. The third kappa shape index (κ3) is 2.39. The van der Waals surface area contributed by atoms with Crippen LogP contribution in [0.5, 0.6) is 0 Å². The second-order valence-corrected chi connectivity index (χ2v) is 5.53. The number of halogens is 1. The molecule has 20 heavy (non-hydrogen) atoms. The minimum atomic E-state index is 0.760. The average molecular weight is 285 g/mol. The maximum Gasteiger partial charge on any atom is 0.0637 e. The summed E-state index contributed by atoms with van der Waals surface area (Å²) in [4.78, 5) is 0. The molecule has 3 aromatic rings. The SMILES string of the molecule is Cc1ccc(Cl)c(NCc2cn(C)c3ccccc23)c1. The molecule has 0 atom stereocenters. The number of hydrogen-bond acceptors (Lipinski definition) is 1. The zero-order valence-electron chi connectivity index (χ0n) is 11.7. The van der Waals surface area contributed by atoms with Crippen LogP contribution in [0.15, 0.2) is 48.7 Å². The minimum absolute atomic E-state index is 0.760. The Kier molecular flexibility index (Phi) is 3.41. The van der Waals surface area contributed by atoms with Crippen molar-refractivity contribution in [3.05, 3.63) is 64.8 Å². The van der Waals surface area contributed by atoms with Gasteiger partial charge in [-0.05, 0) is 36.2 Å². The number of fused-ring (bicyclic) bond motifs is 1. The largest absolute Gasteiger partial charge is 0.380 e. The second kappa shape index (κ2) is 5.22.